The summed E-state index contributed by atoms with van der Waals surface area (Å²) in [6.45, 7) is 9.19. The van der Waals surface area contributed by atoms with E-state index in [0.717, 1.165) is 49.9 Å². The molecule has 3 heterocycles. The summed E-state index contributed by atoms with van der Waals surface area (Å²) in [7, 11) is 0. The van der Waals surface area contributed by atoms with Crippen molar-refractivity contribution in [3.63, 3.8) is 0 Å². The zero-order valence-corrected chi connectivity index (χ0v) is 13.7. The molecular formula is C16H23N7. The number of nitrogen functional groups attached to an aromatic ring is 1. The summed E-state index contributed by atoms with van der Waals surface area (Å²) in [5, 5.41) is 3.17. The third-order valence-electron chi connectivity index (χ3n) is 4.14. The van der Waals surface area contributed by atoms with Gasteiger partial charge in [0, 0.05) is 32.4 Å². The monoisotopic (exact) mass is 313 g/mol. The van der Waals surface area contributed by atoms with Crippen LogP contribution in [0.4, 0.5) is 23.1 Å². The summed E-state index contributed by atoms with van der Waals surface area (Å²) in [4.78, 5) is 17.6. The Kier molecular flexibility index (Phi) is 4.57. The van der Waals surface area contributed by atoms with Crippen molar-refractivity contribution in [3.8, 4) is 0 Å². The van der Waals surface area contributed by atoms with Crippen molar-refractivity contribution >= 4 is 23.1 Å². The summed E-state index contributed by atoms with van der Waals surface area (Å²) < 4.78 is 0. The van der Waals surface area contributed by atoms with Gasteiger partial charge in [-0.2, -0.15) is 0 Å². The second-order valence-electron chi connectivity index (χ2n) is 5.73. The maximum Gasteiger partial charge on any atom is 0.160 e. The van der Waals surface area contributed by atoms with Gasteiger partial charge in [0.2, 0.25) is 0 Å². The molecule has 0 unspecified atom stereocenters. The van der Waals surface area contributed by atoms with E-state index in [2.05, 4.69) is 37.0 Å². The second-order valence-corrected chi connectivity index (χ2v) is 5.73. The third-order valence-corrected chi connectivity index (χ3v) is 4.14. The molecule has 2 aromatic rings. The molecule has 0 saturated carbocycles. The van der Waals surface area contributed by atoms with Gasteiger partial charge < -0.3 is 20.9 Å². The Morgan fingerprint density at radius 2 is 1.91 bits per heavy atom. The Morgan fingerprint density at radius 1 is 1.13 bits per heavy atom. The molecule has 7 heteroatoms. The Balaban J connectivity index is 1.77. The van der Waals surface area contributed by atoms with Crippen molar-refractivity contribution in [1.29, 1.82) is 0 Å². The van der Waals surface area contributed by atoms with Gasteiger partial charge in [0.25, 0.3) is 0 Å². The third kappa shape index (κ3) is 3.50. The minimum atomic E-state index is 0.569. The number of nitrogens with zero attached hydrogens (tertiary/aromatic N) is 5. The minimum absolute atomic E-state index is 0.569. The maximum atomic E-state index is 6.29. The van der Waals surface area contributed by atoms with E-state index in [1.165, 1.54) is 0 Å². The van der Waals surface area contributed by atoms with Gasteiger partial charge in [-0.1, -0.05) is 13.0 Å². The molecule has 1 aliphatic heterocycles. The van der Waals surface area contributed by atoms with Crippen molar-refractivity contribution in [1.82, 2.24) is 19.9 Å². The standard InChI is InChI=1S/C16H23N7/c1-3-22-6-8-23(9-7-22)16-14(17)15(19-11-20-16)21-13-5-4-12(2)10-18-13/h4-5,10-11H,3,6-9,17H2,1-2H3,(H,18,19,20,21). The molecule has 0 bridgehead atoms. The molecule has 0 radical (unpaired) electrons. The van der Waals surface area contributed by atoms with Crippen LogP contribution in [0.5, 0.6) is 0 Å². The lowest BCUT2D eigenvalue weighted by Crippen LogP contribution is -2.46. The van der Waals surface area contributed by atoms with E-state index in [1.54, 1.807) is 6.33 Å². The highest BCUT2D eigenvalue weighted by Gasteiger charge is 2.20. The van der Waals surface area contributed by atoms with Crippen molar-refractivity contribution in [2.24, 2.45) is 0 Å². The fourth-order valence-corrected chi connectivity index (χ4v) is 2.68. The van der Waals surface area contributed by atoms with Crippen LogP contribution < -0.4 is 16.0 Å². The van der Waals surface area contributed by atoms with Crippen molar-refractivity contribution < 1.29 is 0 Å². The first-order valence-corrected chi connectivity index (χ1v) is 7.95. The van der Waals surface area contributed by atoms with Crippen molar-refractivity contribution in [3.05, 3.63) is 30.2 Å². The SMILES string of the molecule is CCN1CCN(c2ncnc(Nc3ccc(C)cn3)c2N)CC1. The lowest BCUT2D eigenvalue weighted by molar-refractivity contribution is 0.270. The molecule has 3 N–H and O–H groups in total. The van der Waals surface area contributed by atoms with Gasteiger partial charge in [0.15, 0.2) is 11.6 Å². The van der Waals surface area contributed by atoms with Gasteiger partial charge in [0.1, 0.15) is 17.8 Å². The van der Waals surface area contributed by atoms with Crippen LogP contribution in [0, 0.1) is 6.92 Å². The minimum Gasteiger partial charge on any atom is -0.393 e. The normalized spacial score (nSPS) is 15.7. The molecule has 2 aromatic heterocycles. The second kappa shape index (κ2) is 6.78. The first-order valence-electron chi connectivity index (χ1n) is 7.95. The predicted molar refractivity (Wildman–Crippen MR) is 93.0 cm³/mol. The molecule has 23 heavy (non-hydrogen) atoms. The highest BCUT2D eigenvalue weighted by molar-refractivity contribution is 5.77. The number of nitrogens with two attached hydrogens (primary N) is 1. The van der Waals surface area contributed by atoms with Gasteiger partial charge in [-0.05, 0) is 25.1 Å². The van der Waals surface area contributed by atoms with Gasteiger partial charge in [-0.15, -0.1) is 0 Å². The van der Waals surface area contributed by atoms with Crippen LogP contribution in [0.1, 0.15) is 12.5 Å². The Labute approximate surface area is 136 Å². The number of aryl methyl sites for hydroxylation is 1. The van der Waals surface area contributed by atoms with Crippen molar-refractivity contribution in [2.75, 3.05) is 48.7 Å². The molecule has 1 aliphatic rings. The first-order chi connectivity index (χ1) is 11.2. The topological polar surface area (TPSA) is 83.2 Å². The van der Waals surface area contributed by atoms with Crippen LogP contribution in [0.15, 0.2) is 24.7 Å². The zero-order chi connectivity index (χ0) is 16.2. The van der Waals surface area contributed by atoms with E-state index in [1.807, 2.05) is 25.3 Å². The Morgan fingerprint density at radius 3 is 2.57 bits per heavy atom. The first kappa shape index (κ1) is 15.5. The van der Waals surface area contributed by atoms with E-state index < -0.39 is 0 Å². The highest BCUT2D eigenvalue weighted by atomic mass is 15.3. The summed E-state index contributed by atoms with van der Waals surface area (Å²) in [6, 6.07) is 3.91. The summed E-state index contributed by atoms with van der Waals surface area (Å²) in [6.07, 6.45) is 3.36. The van der Waals surface area contributed by atoms with Crippen LogP contribution in [0.3, 0.4) is 0 Å². The summed E-state index contributed by atoms with van der Waals surface area (Å²) in [5.74, 6) is 2.12. The predicted octanol–water partition coefficient (Wildman–Crippen LogP) is 1.65. The Bertz CT molecular complexity index is 648. The van der Waals surface area contributed by atoms with Crippen LogP contribution >= 0.6 is 0 Å². The molecule has 0 aromatic carbocycles. The van der Waals surface area contributed by atoms with E-state index in [0.29, 0.717) is 11.5 Å². The fraction of sp³-hybridized carbons (Fsp3) is 0.438. The number of pyridine rings is 1. The van der Waals surface area contributed by atoms with Gasteiger partial charge in [0.05, 0.1) is 0 Å². The molecule has 7 nitrogen and oxygen atoms in total. The van der Waals surface area contributed by atoms with E-state index in [9.17, 15) is 0 Å². The van der Waals surface area contributed by atoms with Crippen molar-refractivity contribution in [2.45, 2.75) is 13.8 Å². The maximum absolute atomic E-state index is 6.29. The number of aromatic nitrogens is 3. The quantitative estimate of drug-likeness (QED) is 0.888. The molecule has 1 fully saturated rings. The number of rotatable bonds is 4. The molecule has 0 aliphatic carbocycles. The number of nitrogens with one attached hydrogen (secondary N) is 1. The molecule has 0 atom stereocenters. The number of likely N-dealkylation sites (N-methyl/N-ethyl adjacent to an activating group) is 1. The number of anilines is 4. The smallest absolute Gasteiger partial charge is 0.160 e. The molecule has 3 rings (SSSR count). The largest absolute Gasteiger partial charge is 0.393 e. The Hall–Kier alpha value is -2.41. The van der Waals surface area contributed by atoms with E-state index in [4.69, 9.17) is 5.73 Å². The molecular weight excluding hydrogens is 290 g/mol. The molecule has 122 valence electrons. The summed E-state index contributed by atoms with van der Waals surface area (Å²) in [5.41, 5.74) is 7.97. The van der Waals surface area contributed by atoms with Gasteiger partial charge >= 0.3 is 0 Å². The van der Waals surface area contributed by atoms with E-state index in [-0.39, 0.29) is 0 Å². The molecule has 0 amide bonds. The molecule has 0 spiro atoms. The number of hydrogen-bond donors (Lipinski definition) is 2. The number of piperazine rings is 1. The van der Waals surface area contributed by atoms with Crippen LogP contribution in [0.25, 0.3) is 0 Å². The molecule has 1 saturated heterocycles. The fourth-order valence-electron chi connectivity index (χ4n) is 2.68. The van der Waals surface area contributed by atoms with Crippen LogP contribution in [-0.2, 0) is 0 Å². The van der Waals surface area contributed by atoms with Crippen LogP contribution in [-0.4, -0.2) is 52.6 Å². The lowest BCUT2D eigenvalue weighted by atomic mass is 10.3. The van der Waals surface area contributed by atoms with Gasteiger partial charge in [-0.25, -0.2) is 15.0 Å². The summed E-state index contributed by atoms with van der Waals surface area (Å²) >= 11 is 0. The highest BCUT2D eigenvalue weighted by Crippen LogP contribution is 2.28. The van der Waals surface area contributed by atoms with Crippen LogP contribution in [0.2, 0.25) is 0 Å². The average molecular weight is 313 g/mol. The van der Waals surface area contributed by atoms with Gasteiger partial charge in [-0.3, -0.25) is 0 Å². The zero-order valence-electron chi connectivity index (χ0n) is 13.7. The average Bonchev–Trinajstić information content (AvgIpc) is 2.59. The lowest BCUT2D eigenvalue weighted by Gasteiger charge is -2.35. The number of hydrogen-bond acceptors (Lipinski definition) is 7. The van der Waals surface area contributed by atoms with E-state index >= 15 is 0 Å².